The highest BCUT2D eigenvalue weighted by Crippen LogP contribution is 2.33. The van der Waals surface area contributed by atoms with Crippen molar-refractivity contribution in [2.75, 3.05) is 6.61 Å². The third kappa shape index (κ3) is 1.48. The molecule has 1 aliphatic heterocycles. The molecule has 0 aromatic rings. The molecule has 1 aliphatic rings. The maximum atomic E-state index is 5.57. The summed E-state index contributed by atoms with van der Waals surface area (Å²) in [7, 11) is 0. The first-order valence-electron chi connectivity index (χ1n) is 2.10. The number of hydrogen-bond donors (Lipinski definition) is 0. The predicted molar refractivity (Wildman–Crippen MR) is 29.9 cm³/mol. The van der Waals surface area contributed by atoms with Crippen LogP contribution >= 0.6 is 23.2 Å². The first-order chi connectivity index (χ1) is 3.11. The summed E-state index contributed by atoms with van der Waals surface area (Å²) in [6, 6.07) is 0. The van der Waals surface area contributed by atoms with Gasteiger partial charge in [-0.3, -0.25) is 0 Å². The lowest BCUT2D eigenvalue weighted by Gasteiger charge is -2.05. The normalized spacial score (nSPS) is 30.4. The zero-order chi connectivity index (χ0) is 5.49. The van der Waals surface area contributed by atoms with Gasteiger partial charge in [0, 0.05) is 0 Å². The van der Waals surface area contributed by atoms with Gasteiger partial charge in [0.2, 0.25) is 0 Å². The highest BCUT2D eigenvalue weighted by atomic mass is 35.5. The number of halogens is 2. The quantitative estimate of drug-likeness (QED) is 0.399. The van der Waals surface area contributed by atoms with Crippen molar-refractivity contribution < 1.29 is 4.74 Å². The largest absolute Gasteiger partial charge is 0.370 e. The number of rotatable bonds is 1. The lowest BCUT2D eigenvalue weighted by molar-refractivity contribution is 0.395. The summed E-state index contributed by atoms with van der Waals surface area (Å²) in [5.41, 5.74) is 0. The molecule has 0 bridgehead atoms. The van der Waals surface area contributed by atoms with Crippen LogP contribution in [0, 0.1) is 0 Å². The Hall–Kier alpha value is 0.540. The maximum Gasteiger partial charge on any atom is 0.143 e. The molecule has 3 heteroatoms. The fourth-order valence-corrected chi connectivity index (χ4v) is 0.593. The van der Waals surface area contributed by atoms with Gasteiger partial charge < -0.3 is 4.74 Å². The van der Waals surface area contributed by atoms with Crippen LogP contribution in [-0.4, -0.2) is 17.0 Å². The van der Waals surface area contributed by atoms with E-state index in [1.807, 2.05) is 0 Å². The van der Waals surface area contributed by atoms with Crippen LogP contribution in [-0.2, 0) is 4.74 Å². The summed E-state index contributed by atoms with van der Waals surface area (Å²) >= 11 is 11.1. The molecular weight excluding hydrogens is 135 g/mol. The highest BCUT2D eigenvalue weighted by Gasteiger charge is 2.40. The fourth-order valence-electron chi connectivity index (χ4n) is 0.341. The van der Waals surface area contributed by atoms with Crippen molar-refractivity contribution in [2.24, 2.45) is 0 Å². The Bertz CT molecular complexity index is 72.2. The van der Waals surface area contributed by atoms with E-state index in [1.54, 1.807) is 6.92 Å². The van der Waals surface area contributed by atoms with Gasteiger partial charge in [-0.2, -0.15) is 0 Å². The molecule has 1 atom stereocenters. The highest BCUT2D eigenvalue weighted by molar-refractivity contribution is 6.48. The summed E-state index contributed by atoms with van der Waals surface area (Å²) in [5.74, 6) is 0. The summed E-state index contributed by atoms with van der Waals surface area (Å²) in [6.07, 6.45) is 0.0795. The molecular formula is C4H6Cl2O. The van der Waals surface area contributed by atoms with Crippen molar-refractivity contribution in [3.05, 3.63) is 0 Å². The van der Waals surface area contributed by atoms with E-state index in [4.69, 9.17) is 27.9 Å². The minimum Gasteiger partial charge on any atom is -0.370 e. The molecule has 0 aliphatic carbocycles. The molecule has 1 nitrogen and oxygen atoms in total. The van der Waals surface area contributed by atoms with Crippen LogP contribution in [0.5, 0.6) is 0 Å². The lowest BCUT2D eigenvalue weighted by Crippen LogP contribution is -2.14. The molecule has 0 spiro atoms. The van der Waals surface area contributed by atoms with E-state index in [9.17, 15) is 0 Å². The van der Waals surface area contributed by atoms with E-state index in [1.165, 1.54) is 0 Å². The first kappa shape index (κ1) is 5.67. The van der Waals surface area contributed by atoms with Crippen molar-refractivity contribution in [1.29, 1.82) is 0 Å². The molecule has 1 heterocycles. The molecule has 0 radical (unpaired) electrons. The summed E-state index contributed by atoms with van der Waals surface area (Å²) in [4.78, 5) is 0. The van der Waals surface area contributed by atoms with Gasteiger partial charge >= 0.3 is 0 Å². The van der Waals surface area contributed by atoms with Gasteiger partial charge in [0.1, 0.15) is 10.4 Å². The molecule has 0 aromatic heterocycles. The van der Waals surface area contributed by atoms with Crippen LogP contribution in [0.3, 0.4) is 0 Å². The van der Waals surface area contributed by atoms with Gasteiger partial charge in [-0.05, 0) is 6.92 Å². The van der Waals surface area contributed by atoms with Crippen molar-refractivity contribution in [2.45, 2.75) is 17.4 Å². The van der Waals surface area contributed by atoms with Gasteiger partial charge in [-0.1, -0.05) is 23.2 Å². The van der Waals surface area contributed by atoms with E-state index in [0.717, 1.165) is 0 Å². The van der Waals surface area contributed by atoms with Crippen LogP contribution in [0.1, 0.15) is 6.92 Å². The minimum atomic E-state index is -0.667. The van der Waals surface area contributed by atoms with Crippen LogP contribution in [0.4, 0.5) is 0 Å². The lowest BCUT2D eigenvalue weighted by atomic mass is 10.4. The monoisotopic (exact) mass is 140 g/mol. The van der Waals surface area contributed by atoms with Crippen LogP contribution in [0.2, 0.25) is 0 Å². The Balaban J connectivity index is 2.36. The van der Waals surface area contributed by atoms with Crippen LogP contribution in [0.15, 0.2) is 0 Å². The second kappa shape index (κ2) is 1.51. The Kier molecular flexibility index (Phi) is 1.22. The molecule has 1 unspecified atom stereocenters. The smallest absolute Gasteiger partial charge is 0.143 e. The first-order valence-corrected chi connectivity index (χ1v) is 2.86. The van der Waals surface area contributed by atoms with Crippen LogP contribution < -0.4 is 0 Å². The number of epoxide rings is 1. The van der Waals surface area contributed by atoms with Gasteiger partial charge in [-0.25, -0.2) is 0 Å². The molecule has 0 aromatic carbocycles. The van der Waals surface area contributed by atoms with Gasteiger partial charge in [-0.15, -0.1) is 0 Å². The predicted octanol–water partition coefficient (Wildman–Crippen LogP) is 1.58. The van der Waals surface area contributed by atoms with Crippen molar-refractivity contribution in [1.82, 2.24) is 0 Å². The average Bonchev–Trinajstić information content (AvgIpc) is 1.99. The third-order valence-corrected chi connectivity index (χ3v) is 1.39. The number of alkyl halides is 2. The topological polar surface area (TPSA) is 12.5 Å². The minimum absolute atomic E-state index is 0.0795. The second-order valence-corrected chi connectivity index (χ2v) is 3.54. The summed E-state index contributed by atoms with van der Waals surface area (Å²) in [6.45, 7) is 2.44. The van der Waals surface area contributed by atoms with E-state index < -0.39 is 4.33 Å². The van der Waals surface area contributed by atoms with Crippen molar-refractivity contribution in [3.8, 4) is 0 Å². The Morgan fingerprint density at radius 3 is 2.14 bits per heavy atom. The second-order valence-electron chi connectivity index (χ2n) is 1.78. The van der Waals surface area contributed by atoms with Gasteiger partial charge in [0.15, 0.2) is 0 Å². The third-order valence-electron chi connectivity index (χ3n) is 0.899. The van der Waals surface area contributed by atoms with Gasteiger partial charge in [0.25, 0.3) is 0 Å². The molecule has 1 saturated heterocycles. The van der Waals surface area contributed by atoms with Gasteiger partial charge in [0.05, 0.1) is 6.61 Å². The number of ether oxygens (including phenoxy) is 1. The fraction of sp³-hybridized carbons (Fsp3) is 1.00. The van der Waals surface area contributed by atoms with E-state index in [-0.39, 0.29) is 6.10 Å². The molecule has 42 valence electrons. The zero-order valence-electron chi connectivity index (χ0n) is 3.95. The Labute approximate surface area is 52.5 Å². The Morgan fingerprint density at radius 2 is 2.14 bits per heavy atom. The van der Waals surface area contributed by atoms with Crippen molar-refractivity contribution in [3.63, 3.8) is 0 Å². The number of hydrogen-bond acceptors (Lipinski definition) is 1. The van der Waals surface area contributed by atoms with E-state index in [2.05, 4.69) is 0 Å². The molecule has 1 rings (SSSR count). The summed E-state index contributed by atoms with van der Waals surface area (Å²) < 4.78 is 4.14. The molecule has 0 N–H and O–H groups in total. The maximum absolute atomic E-state index is 5.57. The van der Waals surface area contributed by atoms with E-state index >= 15 is 0 Å². The summed E-state index contributed by atoms with van der Waals surface area (Å²) in [5, 5.41) is 0. The van der Waals surface area contributed by atoms with Crippen molar-refractivity contribution >= 4 is 23.2 Å². The van der Waals surface area contributed by atoms with Crippen LogP contribution in [0.25, 0.3) is 0 Å². The van der Waals surface area contributed by atoms with E-state index in [0.29, 0.717) is 6.61 Å². The average molecular weight is 141 g/mol. The molecule has 0 amide bonds. The zero-order valence-corrected chi connectivity index (χ0v) is 5.46. The standard InChI is InChI=1S/C4H6Cl2O/c1-4(5,6)3-2-7-3/h3H,2H2,1H3. The molecule has 0 saturated carbocycles. The SMILES string of the molecule is CC(Cl)(Cl)C1CO1. The Morgan fingerprint density at radius 1 is 1.71 bits per heavy atom. The molecule has 7 heavy (non-hydrogen) atoms. The molecule has 1 fully saturated rings.